The number of rotatable bonds is 2. The molecule has 6 rings (SSSR count). The van der Waals surface area contributed by atoms with Crippen molar-refractivity contribution in [3.63, 3.8) is 0 Å². The second kappa shape index (κ2) is 4.87. The fourth-order valence-electron chi connectivity index (χ4n) is 6.21. The lowest BCUT2D eigenvalue weighted by molar-refractivity contribution is -0.00611. The van der Waals surface area contributed by atoms with Gasteiger partial charge in [0.05, 0.1) is 0 Å². The van der Waals surface area contributed by atoms with Crippen molar-refractivity contribution in [1.29, 1.82) is 0 Å². The predicted octanol–water partition coefficient (Wildman–Crippen LogP) is 5.53. The zero-order valence-corrected chi connectivity index (χ0v) is 13.5. The maximum absolute atomic E-state index is 10.6. The first kappa shape index (κ1) is 13.7. The van der Waals surface area contributed by atoms with Crippen LogP contribution in [0.5, 0.6) is 5.75 Å². The molecule has 4 aliphatic carbocycles. The quantitative estimate of drug-likeness (QED) is 0.773. The van der Waals surface area contributed by atoms with E-state index in [1.807, 2.05) is 6.07 Å². The van der Waals surface area contributed by atoms with Gasteiger partial charge in [-0.25, -0.2) is 0 Å². The highest BCUT2D eigenvalue weighted by atomic mass is 16.3. The first-order valence-corrected chi connectivity index (χ1v) is 9.11. The van der Waals surface area contributed by atoms with E-state index in [1.165, 1.54) is 55.2 Å². The van der Waals surface area contributed by atoms with Crippen molar-refractivity contribution in [2.75, 3.05) is 0 Å². The third kappa shape index (κ3) is 2.13. The van der Waals surface area contributed by atoms with E-state index >= 15 is 0 Å². The third-order valence-corrected chi connectivity index (χ3v) is 6.71. The Kier molecular flexibility index (Phi) is 2.89. The molecule has 0 spiro atoms. The summed E-state index contributed by atoms with van der Waals surface area (Å²) in [6, 6.07) is 16.8. The molecule has 2 aromatic rings. The van der Waals surface area contributed by atoms with Crippen LogP contribution in [0.2, 0.25) is 0 Å². The molecule has 0 aromatic heterocycles. The smallest absolute Gasteiger partial charge is 0.119 e. The van der Waals surface area contributed by atoms with Gasteiger partial charge in [0.15, 0.2) is 0 Å². The van der Waals surface area contributed by atoms with Crippen molar-refractivity contribution in [2.45, 2.75) is 43.9 Å². The lowest BCUT2D eigenvalue weighted by Crippen LogP contribution is -2.48. The molecule has 2 aromatic carbocycles. The Labute approximate surface area is 138 Å². The summed E-state index contributed by atoms with van der Waals surface area (Å²) >= 11 is 0. The molecular weight excluding hydrogens is 280 g/mol. The molecular formula is C22H24O. The van der Waals surface area contributed by atoms with Crippen LogP contribution in [0.3, 0.4) is 0 Å². The number of phenols is 1. The lowest BCUT2D eigenvalue weighted by atomic mass is 9.48. The van der Waals surface area contributed by atoms with Gasteiger partial charge >= 0.3 is 0 Å². The fourth-order valence-corrected chi connectivity index (χ4v) is 6.21. The van der Waals surface area contributed by atoms with Gasteiger partial charge in [-0.05, 0) is 85.0 Å². The van der Waals surface area contributed by atoms with Gasteiger partial charge in [0, 0.05) is 5.56 Å². The first-order chi connectivity index (χ1) is 11.2. The van der Waals surface area contributed by atoms with Crippen LogP contribution in [0.25, 0.3) is 11.1 Å². The number of aromatic hydroxyl groups is 1. The van der Waals surface area contributed by atoms with E-state index in [1.54, 1.807) is 0 Å². The molecule has 1 N–H and O–H groups in total. The maximum atomic E-state index is 10.6. The summed E-state index contributed by atoms with van der Waals surface area (Å²) in [5.41, 5.74) is 3.98. The van der Waals surface area contributed by atoms with E-state index in [-0.39, 0.29) is 5.41 Å². The SMILES string of the molecule is Oc1ccc(-c2ccccc2)cc1C12CC3CC(CC(C3)C1)C2. The van der Waals surface area contributed by atoms with E-state index in [2.05, 4.69) is 42.5 Å². The van der Waals surface area contributed by atoms with Crippen molar-refractivity contribution in [1.82, 2.24) is 0 Å². The van der Waals surface area contributed by atoms with Crippen molar-refractivity contribution < 1.29 is 5.11 Å². The molecule has 1 nitrogen and oxygen atoms in total. The Hall–Kier alpha value is -1.76. The Balaban J connectivity index is 1.60. The van der Waals surface area contributed by atoms with Crippen LogP contribution >= 0.6 is 0 Å². The van der Waals surface area contributed by atoms with Gasteiger partial charge < -0.3 is 5.11 Å². The van der Waals surface area contributed by atoms with Gasteiger partial charge in [0.1, 0.15) is 5.75 Å². The summed E-state index contributed by atoms with van der Waals surface area (Å²) in [6.45, 7) is 0. The van der Waals surface area contributed by atoms with Gasteiger partial charge in [0.25, 0.3) is 0 Å². The van der Waals surface area contributed by atoms with Crippen LogP contribution in [0.4, 0.5) is 0 Å². The zero-order chi connectivity index (χ0) is 15.4. The van der Waals surface area contributed by atoms with E-state index in [4.69, 9.17) is 0 Å². The van der Waals surface area contributed by atoms with Gasteiger partial charge in [-0.1, -0.05) is 36.4 Å². The number of phenolic OH excluding ortho intramolecular Hbond substituents is 1. The lowest BCUT2D eigenvalue weighted by Gasteiger charge is -2.57. The van der Waals surface area contributed by atoms with Crippen molar-refractivity contribution in [3.8, 4) is 16.9 Å². The summed E-state index contributed by atoms with van der Waals surface area (Å²) in [4.78, 5) is 0. The minimum atomic E-state index is 0.254. The second-order valence-corrected chi connectivity index (χ2v) is 8.30. The molecule has 0 radical (unpaired) electrons. The Morgan fingerprint density at radius 1 is 0.739 bits per heavy atom. The fraction of sp³-hybridized carbons (Fsp3) is 0.455. The van der Waals surface area contributed by atoms with Crippen LogP contribution in [-0.4, -0.2) is 5.11 Å². The molecule has 0 aliphatic heterocycles. The second-order valence-electron chi connectivity index (χ2n) is 8.30. The van der Waals surface area contributed by atoms with Gasteiger partial charge in [0.2, 0.25) is 0 Å². The molecule has 0 heterocycles. The van der Waals surface area contributed by atoms with Crippen LogP contribution < -0.4 is 0 Å². The van der Waals surface area contributed by atoms with Crippen LogP contribution in [0, 0.1) is 17.8 Å². The van der Waals surface area contributed by atoms with Gasteiger partial charge in [-0.2, -0.15) is 0 Å². The van der Waals surface area contributed by atoms with Crippen molar-refractivity contribution >= 4 is 0 Å². The third-order valence-electron chi connectivity index (χ3n) is 6.71. The average molecular weight is 304 g/mol. The molecule has 4 bridgehead atoms. The van der Waals surface area contributed by atoms with E-state index < -0.39 is 0 Å². The van der Waals surface area contributed by atoms with E-state index in [0.717, 1.165) is 17.8 Å². The summed E-state index contributed by atoms with van der Waals surface area (Å²) in [5, 5.41) is 10.6. The minimum absolute atomic E-state index is 0.254. The van der Waals surface area contributed by atoms with E-state index in [9.17, 15) is 5.11 Å². The highest BCUT2D eigenvalue weighted by molar-refractivity contribution is 5.66. The molecule has 1 heteroatoms. The highest BCUT2D eigenvalue weighted by Crippen LogP contribution is 2.62. The molecule has 23 heavy (non-hydrogen) atoms. The summed E-state index contributed by atoms with van der Waals surface area (Å²) in [6.07, 6.45) is 8.22. The number of hydrogen-bond donors (Lipinski definition) is 1. The summed E-state index contributed by atoms with van der Waals surface area (Å²) < 4.78 is 0. The molecule has 0 unspecified atom stereocenters. The van der Waals surface area contributed by atoms with Crippen LogP contribution in [0.1, 0.15) is 44.1 Å². The van der Waals surface area contributed by atoms with Crippen LogP contribution in [-0.2, 0) is 5.41 Å². The average Bonchev–Trinajstić information content (AvgIpc) is 2.55. The standard InChI is InChI=1S/C22H24O/c23-21-7-6-19(18-4-2-1-3-5-18)11-20(21)22-12-15-8-16(13-22)10-17(9-15)14-22/h1-7,11,15-17,23H,8-10,12-14H2. The Bertz CT molecular complexity index is 696. The Morgan fingerprint density at radius 3 is 1.96 bits per heavy atom. The molecule has 4 fully saturated rings. The molecule has 4 saturated carbocycles. The molecule has 118 valence electrons. The number of hydrogen-bond acceptors (Lipinski definition) is 1. The summed E-state index contributed by atoms with van der Waals surface area (Å²) in [5.74, 6) is 3.23. The van der Waals surface area contributed by atoms with Gasteiger partial charge in [-0.3, -0.25) is 0 Å². The maximum Gasteiger partial charge on any atom is 0.119 e. The molecule has 4 aliphatic rings. The van der Waals surface area contributed by atoms with Crippen molar-refractivity contribution in [3.05, 3.63) is 54.1 Å². The largest absolute Gasteiger partial charge is 0.508 e. The van der Waals surface area contributed by atoms with Crippen LogP contribution in [0.15, 0.2) is 48.5 Å². The predicted molar refractivity (Wildman–Crippen MR) is 93.4 cm³/mol. The highest BCUT2D eigenvalue weighted by Gasteiger charge is 2.52. The molecule has 0 amide bonds. The molecule has 0 atom stereocenters. The van der Waals surface area contributed by atoms with Crippen molar-refractivity contribution in [2.24, 2.45) is 17.8 Å². The Morgan fingerprint density at radius 2 is 1.35 bits per heavy atom. The monoisotopic (exact) mass is 304 g/mol. The minimum Gasteiger partial charge on any atom is -0.508 e. The normalized spacial score (nSPS) is 34.7. The van der Waals surface area contributed by atoms with Gasteiger partial charge in [-0.15, -0.1) is 0 Å². The van der Waals surface area contributed by atoms with E-state index in [0.29, 0.717) is 5.75 Å². The first-order valence-electron chi connectivity index (χ1n) is 9.11. The summed E-state index contributed by atoms with van der Waals surface area (Å²) in [7, 11) is 0. The zero-order valence-electron chi connectivity index (χ0n) is 13.5. The molecule has 0 saturated heterocycles. The topological polar surface area (TPSA) is 20.2 Å². The number of benzene rings is 2.